The first kappa shape index (κ1) is 37.7. The summed E-state index contributed by atoms with van der Waals surface area (Å²) in [6.07, 6.45) is 25.0. The molecule has 12 rings (SSSR count). The number of dihydropyridines is 3. The highest BCUT2D eigenvalue weighted by molar-refractivity contribution is 6.04. The van der Waals surface area contributed by atoms with E-state index in [4.69, 9.17) is 15.0 Å². The second kappa shape index (κ2) is 16.0. The molecule has 0 radical (unpaired) electrons. The smallest absolute Gasteiger partial charge is 0.0972 e. The van der Waals surface area contributed by atoms with E-state index in [1.807, 2.05) is 30.5 Å². The summed E-state index contributed by atoms with van der Waals surface area (Å²) in [5, 5.41) is 14.3. The number of hydrogen-bond acceptors (Lipinski definition) is 6. The highest BCUT2D eigenvalue weighted by atomic mass is 14.9. The van der Waals surface area contributed by atoms with Crippen LogP contribution < -0.4 is 16.0 Å². The summed E-state index contributed by atoms with van der Waals surface area (Å²) in [5.74, 6) is 0.264. The fourth-order valence-corrected chi connectivity index (χ4v) is 9.49. The SMILES string of the molecule is C1=CCNC(c2cc(C3C=CC4=CC=C(c5ccc6ccc(-c7cccc(-c8ccc9ccc%10ccc(-c%11ccccc%11)nc%10c9n8)c7)nc6c5)NC4C3)cc(C3C=CC=CN3)c2)=C1. The van der Waals surface area contributed by atoms with Gasteiger partial charge in [-0.1, -0.05) is 140 Å². The molecule has 3 aromatic heterocycles. The maximum absolute atomic E-state index is 5.25. The third-order valence-corrected chi connectivity index (χ3v) is 12.9. The molecule has 1 aliphatic carbocycles. The maximum Gasteiger partial charge on any atom is 0.0972 e. The minimum Gasteiger partial charge on any atom is -0.381 e. The Bertz CT molecular complexity index is 3390. The van der Waals surface area contributed by atoms with Crippen molar-refractivity contribution in [3.63, 3.8) is 0 Å². The van der Waals surface area contributed by atoms with Crippen LogP contribution >= 0.6 is 0 Å². The van der Waals surface area contributed by atoms with E-state index in [1.165, 1.54) is 22.3 Å². The zero-order valence-corrected chi connectivity index (χ0v) is 35.1. The van der Waals surface area contributed by atoms with Crippen LogP contribution in [0.1, 0.15) is 40.6 Å². The lowest BCUT2D eigenvalue weighted by molar-refractivity contribution is 0.571. The van der Waals surface area contributed by atoms with Gasteiger partial charge in [0.25, 0.3) is 0 Å². The topological polar surface area (TPSA) is 74.8 Å². The van der Waals surface area contributed by atoms with Crippen molar-refractivity contribution >= 4 is 44.1 Å². The number of nitrogens with zero attached hydrogens (tertiary/aromatic N) is 3. The Morgan fingerprint density at radius 3 is 1.98 bits per heavy atom. The first-order chi connectivity index (χ1) is 31.6. The molecular formula is C58H44N6. The normalized spacial score (nSPS) is 18.8. The predicted octanol–water partition coefficient (Wildman–Crippen LogP) is 12.5. The lowest BCUT2D eigenvalue weighted by atomic mass is 9.81. The Balaban J connectivity index is 0.814. The Morgan fingerprint density at radius 2 is 1.22 bits per heavy atom. The standard InChI is InChI=1S/C58H44N6/c1-2-9-37(10-3-1)51-27-23-40-17-18-41-24-28-54(64-58(41)57(40)63-51)44-12-8-11-43(31-44)52-25-21-39-16-20-45(36-56(39)61-52)53-26-22-38-15-19-42(35-55(38)62-53)46-32-47(49-13-4-6-29-59-49)34-48(33-46)50-14-5-7-30-60-50/h1-29,31-34,36,42,49,55,59-60,62H,30,35H2. The van der Waals surface area contributed by atoms with Gasteiger partial charge in [0.15, 0.2) is 0 Å². The molecule has 0 fully saturated rings. The molecule has 0 amide bonds. The number of rotatable bonds is 7. The third kappa shape index (κ3) is 7.19. The molecule has 3 unspecified atom stereocenters. The molecule has 5 aromatic carbocycles. The molecule has 64 heavy (non-hydrogen) atoms. The van der Waals surface area contributed by atoms with Crippen LogP contribution in [0.4, 0.5) is 0 Å². The van der Waals surface area contributed by atoms with E-state index in [0.29, 0.717) is 0 Å². The zero-order chi connectivity index (χ0) is 42.4. The van der Waals surface area contributed by atoms with Gasteiger partial charge in [0.05, 0.1) is 45.7 Å². The summed E-state index contributed by atoms with van der Waals surface area (Å²) in [6.45, 7) is 0.837. The quantitative estimate of drug-likeness (QED) is 0.139. The van der Waals surface area contributed by atoms with Crippen molar-refractivity contribution in [3.8, 4) is 33.8 Å². The van der Waals surface area contributed by atoms with Crippen molar-refractivity contribution in [1.29, 1.82) is 0 Å². The summed E-state index contributed by atoms with van der Waals surface area (Å²) in [5.41, 5.74) is 17.2. The van der Waals surface area contributed by atoms with Crippen molar-refractivity contribution < 1.29 is 0 Å². The minimum absolute atomic E-state index is 0.134. The van der Waals surface area contributed by atoms with Crippen LogP contribution in [0, 0.1) is 0 Å². The average molecular weight is 825 g/mol. The summed E-state index contributed by atoms with van der Waals surface area (Å²) in [6, 6.07) is 49.9. The molecule has 8 aromatic rings. The molecule has 0 spiro atoms. The molecule has 3 N–H and O–H groups in total. The predicted molar refractivity (Wildman–Crippen MR) is 264 cm³/mol. The van der Waals surface area contributed by atoms with E-state index in [-0.39, 0.29) is 18.0 Å². The Morgan fingerprint density at radius 1 is 0.500 bits per heavy atom. The number of allylic oxidation sites excluding steroid dienone is 7. The van der Waals surface area contributed by atoms with Crippen LogP contribution in [0.3, 0.4) is 0 Å². The van der Waals surface area contributed by atoms with E-state index < -0.39 is 0 Å². The molecule has 3 atom stereocenters. The Kier molecular flexibility index (Phi) is 9.41. The summed E-state index contributed by atoms with van der Waals surface area (Å²) >= 11 is 0. The van der Waals surface area contributed by atoms with Crippen molar-refractivity contribution in [2.24, 2.45) is 0 Å². The lowest BCUT2D eigenvalue weighted by Crippen LogP contribution is -2.34. The summed E-state index contributed by atoms with van der Waals surface area (Å²) in [7, 11) is 0. The van der Waals surface area contributed by atoms with Crippen molar-refractivity contribution in [2.45, 2.75) is 24.4 Å². The molecule has 0 saturated heterocycles. The van der Waals surface area contributed by atoms with Gasteiger partial charge in [-0.15, -0.1) is 0 Å². The van der Waals surface area contributed by atoms with Crippen LogP contribution in [0.25, 0.3) is 77.9 Å². The van der Waals surface area contributed by atoms with E-state index >= 15 is 0 Å². The van der Waals surface area contributed by atoms with Crippen LogP contribution in [-0.2, 0) is 0 Å². The van der Waals surface area contributed by atoms with Gasteiger partial charge >= 0.3 is 0 Å². The first-order valence-corrected chi connectivity index (χ1v) is 22.2. The van der Waals surface area contributed by atoms with E-state index in [1.54, 1.807) is 0 Å². The van der Waals surface area contributed by atoms with Gasteiger partial charge < -0.3 is 16.0 Å². The lowest BCUT2D eigenvalue weighted by Gasteiger charge is -2.33. The van der Waals surface area contributed by atoms with Crippen molar-refractivity contribution in [3.05, 3.63) is 234 Å². The van der Waals surface area contributed by atoms with E-state index in [9.17, 15) is 0 Å². The monoisotopic (exact) mass is 824 g/mol. The van der Waals surface area contributed by atoms with Crippen LogP contribution in [-0.4, -0.2) is 27.5 Å². The van der Waals surface area contributed by atoms with Gasteiger partial charge in [0.2, 0.25) is 0 Å². The van der Waals surface area contributed by atoms with Gasteiger partial charge in [0.1, 0.15) is 0 Å². The molecule has 6 nitrogen and oxygen atoms in total. The van der Waals surface area contributed by atoms with Crippen LogP contribution in [0.5, 0.6) is 0 Å². The second-order valence-corrected chi connectivity index (χ2v) is 17.0. The van der Waals surface area contributed by atoms with E-state index in [2.05, 4.69) is 192 Å². The number of aromatic nitrogens is 3. The minimum atomic E-state index is 0.134. The number of nitrogens with one attached hydrogen (secondary N) is 3. The fraction of sp³-hybridized carbons (Fsp3) is 0.0862. The number of pyridine rings is 3. The van der Waals surface area contributed by atoms with Crippen molar-refractivity contribution in [1.82, 2.24) is 30.9 Å². The molecule has 4 aliphatic rings. The number of benzene rings is 5. The van der Waals surface area contributed by atoms with Gasteiger partial charge in [-0.25, -0.2) is 15.0 Å². The maximum atomic E-state index is 5.25. The van der Waals surface area contributed by atoms with E-state index in [0.717, 1.165) is 96.4 Å². The van der Waals surface area contributed by atoms with Crippen LogP contribution in [0.15, 0.2) is 212 Å². The highest BCUT2D eigenvalue weighted by Crippen LogP contribution is 2.37. The largest absolute Gasteiger partial charge is 0.381 e. The second-order valence-electron chi connectivity index (χ2n) is 17.0. The van der Waals surface area contributed by atoms with Gasteiger partial charge in [-0.3, -0.25) is 0 Å². The van der Waals surface area contributed by atoms with Crippen LogP contribution in [0.2, 0.25) is 0 Å². The van der Waals surface area contributed by atoms with Gasteiger partial charge in [-0.05, 0) is 101 Å². The first-order valence-electron chi connectivity index (χ1n) is 22.2. The zero-order valence-electron chi connectivity index (χ0n) is 35.1. The molecule has 6 heteroatoms. The average Bonchev–Trinajstić information content (AvgIpc) is 3.38. The number of hydrogen-bond donors (Lipinski definition) is 3. The Hall–Kier alpha value is -8.09. The molecule has 0 bridgehead atoms. The molecular weight excluding hydrogens is 781 g/mol. The van der Waals surface area contributed by atoms with Gasteiger partial charge in [0, 0.05) is 56.7 Å². The molecule has 6 heterocycles. The third-order valence-electron chi connectivity index (χ3n) is 12.9. The molecule has 0 saturated carbocycles. The molecule has 306 valence electrons. The molecule has 3 aliphatic heterocycles. The number of fused-ring (bicyclic) bond motifs is 5. The summed E-state index contributed by atoms with van der Waals surface area (Å²) in [4.78, 5) is 15.6. The highest BCUT2D eigenvalue weighted by Gasteiger charge is 2.27. The summed E-state index contributed by atoms with van der Waals surface area (Å²) < 4.78 is 0. The van der Waals surface area contributed by atoms with Gasteiger partial charge in [-0.2, -0.15) is 0 Å². The van der Waals surface area contributed by atoms with Crippen molar-refractivity contribution in [2.75, 3.05) is 6.54 Å². The fourth-order valence-electron chi connectivity index (χ4n) is 9.49. The Labute approximate surface area is 372 Å².